The highest BCUT2D eigenvalue weighted by Crippen LogP contribution is 2.38. The van der Waals surface area contributed by atoms with Gasteiger partial charge < -0.3 is 15.6 Å². The first-order valence-electron chi connectivity index (χ1n) is 13.2. The fraction of sp³-hybridized carbons (Fsp3) is 1.00. The molecular weight excluding hydrogens is 372 g/mol. The van der Waals surface area contributed by atoms with E-state index in [2.05, 4.69) is 32.0 Å². The van der Waals surface area contributed by atoms with Gasteiger partial charge in [0, 0.05) is 12.6 Å². The van der Waals surface area contributed by atoms with Crippen molar-refractivity contribution in [2.45, 2.75) is 123 Å². The number of hydrogen-bond acceptors (Lipinski definition) is 4. The summed E-state index contributed by atoms with van der Waals surface area (Å²) in [5.74, 6) is 7.70. The van der Waals surface area contributed by atoms with Crippen LogP contribution in [0.15, 0.2) is 0 Å². The molecule has 3 fully saturated rings. The SMILES string of the molecule is CC(CO)C(C)CCNC1CCC(C2CCCCC2)CC1.CC1CCCCC1.NO. The molecule has 0 saturated heterocycles. The smallest absolute Gasteiger partial charge is 0.0459 e. The molecule has 3 aliphatic rings. The molecular formula is C26H54N2O2. The van der Waals surface area contributed by atoms with E-state index in [0.29, 0.717) is 18.4 Å². The number of aliphatic hydroxyl groups is 1. The third-order valence-corrected chi connectivity index (χ3v) is 8.27. The first-order chi connectivity index (χ1) is 14.6. The van der Waals surface area contributed by atoms with Crippen molar-refractivity contribution in [1.82, 2.24) is 5.32 Å². The van der Waals surface area contributed by atoms with Crippen LogP contribution < -0.4 is 11.2 Å². The Bertz CT molecular complexity index is 370. The lowest BCUT2D eigenvalue weighted by atomic mass is 9.72. The van der Waals surface area contributed by atoms with Gasteiger partial charge in [0.1, 0.15) is 0 Å². The van der Waals surface area contributed by atoms with Crippen molar-refractivity contribution in [3.8, 4) is 0 Å². The largest absolute Gasteiger partial charge is 0.396 e. The lowest BCUT2D eigenvalue weighted by molar-refractivity contribution is 0.171. The second-order valence-corrected chi connectivity index (χ2v) is 10.6. The van der Waals surface area contributed by atoms with Gasteiger partial charge in [0.25, 0.3) is 0 Å². The van der Waals surface area contributed by atoms with Crippen LogP contribution in [0.2, 0.25) is 0 Å². The molecule has 4 nitrogen and oxygen atoms in total. The average Bonchev–Trinajstić information content (AvgIpc) is 2.81. The van der Waals surface area contributed by atoms with Crippen LogP contribution in [0, 0.1) is 29.6 Å². The summed E-state index contributed by atoms with van der Waals surface area (Å²) in [7, 11) is 0. The van der Waals surface area contributed by atoms with Gasteiger partial charge in [-0.25, -0.2) is 5.90 Å². The van der Waals surface area contributed by atoms with E-state index >= 15 is 0 Å². The molecule has 4 heteroatoms. The minimum atomic E-state index is 0.327. The summed E-state index contributed by atoms with van der Waals surface area (Å²) in [6.07, 6.45) is 21.8. The molecule has 0 bridgehead atoms. The van der Waals surface area contributed by atoms with E-state index in [4.69, 9.17) is 5.21 Å². The van der Waals surface area contributed by atoms with Crippen LogP contribution in [0.1, 0.15) is 117 Å². The molecule has 2 unspecified atom stereocenters. The Labute approximate surface area is 187 Å². The predicted octanol–water partition coefficient (Wildman–Crippen LogP) is 6.29. The van der Waals surface area contributed by atoms with Crippen LogP contribution in [0.3, 0.4) is 0 Å². The van der Waals surface area contributed by atoms with E-state index in [1.807, 2.05) is 0 Å². The molecule has 0 amide bonds. The molecule has 3 rings (SSSR count). The Morgan fingerprint density at radius 3 is 1.70 bits per heavy atom. The van der Waals surface area contributed by atoms with Gasteiger partial charge >= 0.3 is 0 Å². The Hall–Kier alpha value is -0.160. The normalized spacial score (nSPS) is 27.8. The molecule has 3 aliphatic carbocycles. The van der Waals surface area contributed by atoms with Gasteiger partial charge in [-0.15, -0.1) is 0 Å². The van der Waals surface area contributed by atoms with Crippen LogP contribution in [-0.2, 0) is 0 Å². The lowest BCUT2D eigenvalue weighted by Crippen LogP contribution is -2.36. The molecule has 0 radical (unpaired) electrons. The highest BCUT2D eigenvalue weighted by atomic mass is 16.4. The fourth-order valence-electron chi connectivity index (χ4n) is 5.69. The number of nitrogens with one attached hydrogen (secondary N) is 1. The second kappa shape index (κ2) is 17.4. The summed E-state index contributed by atoms with van der Waals surface area (Å²) in [6.45, 7) is 8.24. The maximum atomic E-state index is 9.19. The van der Waals surface area contributed by atoms with Gasteiger partial charge in [-0.1, -0.05) is 85.0 Å². The third-order valence-electron chi connectivity index (χ3n) is 8.27. The Balaban J connectivity index is 0.000000418. The van der Waals surface area contributed by atoms with Crippen molar-refractivity contribution in [3.05, 3.63) is 0 Å². The number of rotatable bonds is 7. The monoisotopic (exact) mass is 426 g/mol. The van der Waals surface area contributed by atoms with Crippen molar-refractivity contribution >= 4 is 0 Å². The van der Waals surface area contributed by atoms with E-state index in [9.17, 15) is 5.11 Å². The summed E-state index contributed by atoms with van der Waals surface area (Å²) in [4.78, 5) is 0. The van der Waals surface area contributed by atoms with E-state index < -0.39 is 0 Å². The molecule has 0 aliphatic heterocycles. The first kappa shape index (κ1) is 27.9. The van der Waals surface area contributed by atoms with Crippen molar-refractivity contribution in [3.63, 3.8) is 0 Å². The van der Waals surface area contributed by atoms with Gasteiger partial charge in [0.15, 0.2) is 0 Å². The second-order valence-electron chi connectivity index (χ2n) is 10.6. The zero-order valence-corrected chi connectivity index (χ0v) is 20.5. The van der Waals surface area contributed by atoms with Crippen LogP contribution >= 0.6 is 0 Å². The van der Waals surface area contributed by atoms with E-state index in [1.165, 1.54) is 96.3 Å². The molecule has 30 heavy (non-hydrogen) atoms. The molecule has 3 saturated carbocycles. The topological polar surface area (TPSA) is 78.5 Å². The molecule has 2 atom stereocenters. The highest BCUT2D eigenvalue weighted by molar-refractivity contribution is 4.82. The van der Waals surface area contributed by atoms with E-state index in [0.717, 1.165) is 30.3 Å². The zero-order chi connectivity index (χ0) is 22.2. The van der Waals surface area contributed by atoms with Crippen molar-refractivity contribution < 1.29 is 10.3 Å². The molecule has 0 spiro atoms. The molecule has 0 aromatic carbocycles. The van der Waals surface area contributed by atoms with Gasteiger partial charge in [-0.05, 0) is 68.2 Å². The number of aliphatic hydroxyl groups excluding tert-OH is 1. The Morgan fingerprint density at radius 2 is 1.23 bits per heavy atom. The maximum absolute atomic E-state index is 9.19. The lowest BCUT2D eigenvalue weighted by Gasteiger charge is -2.36. The predicted molar refractivity (Wildman–Crippen MR) is 129 cm³/mol. The molecule has 5 N–H and O–H groups in total. The minimum absolute atomic E-state index is 0.327. The Morgan fingerprint density at radius 1 is 0.733 bits per heavy atom. The van der Waals surface area contributed by atoms with Crippen LogP contribution in [0.5, 0.6) is 0 Å². The highest BCUT2D eigenvalue weighted by Gasteiger charge is 2.28. The summed E-state index contributed by atoms with van der Waals surface area (Å²) in [5, 5.41) is 19.5. The molecule has 0 aromatic heterocycles. The van der Waals surface area contributed by atoms with Crippen molar-refractivity contribution in [2.24, 2.45) is 35.5 Å². The van der Waals surface area contributed by atoms with Gasteiger partial charge in [-0.3, -0.25) is 0 Å². The van der Waals surface area contributed by atoms with E-state index in [1.54, 1.807) is 0 Å². The Kier molecular flexibility index (Phi) is 16.2. The zero-order valence-electron chi connectivity index (χ0n) is 20.5. The molecule has 0 aromatic rings. The van der Waals surface area contributed by atoms with Crippen LogP contribution in [0.25, 0.3) is 0 Å². The third kappa shape index (κ3) is 11.5. The summed E-state index contributed by atoms with van der Waals surface area (Å²) < 4.78 is 0. The first-order valence-corrected chi connectivity index (χ1v) is 13.2. The van der Waals surface area contributed by atoms with Crippen LogP contribution in [0.4, 0.5) is 0 Å². The van der Waals surface area contributed by atoms with Gasteiger partial charge in [0.05, 0.1) is 0 Å². The minimum Gasteiger partial charge on any atom is -0.396 e. The molecule has 180 valence electrons. The number of hydrogen-bond donors (Lipinski definition) is 4. The van der Waals surface area contributed by atoms with Crippen LogP contribution in [-0.4, -0.2) is 29.5 Å². The van der Waals surface area contributed by atoms with Crippen molar-refractivity contribution in [1.29, 1.82) is 0 Å². The summed E-state index contributed by atoms with van der Waals surface area (Å²) in [5.41, 5.74) is 0. The van der Waals surface area contributed by atoms with Gasteiger partial charge in [-0.2, -0.15) is 0 Å². The van der Waals surface area contributed by atoms with Crippen molar-refractivity contribution in [2.75, 3.05) is 13.2 Å². The summed E-state index contributed by atoms with van der Waals surface area (Å²) >= 11 is 0. The number of nitrogens with two attached hydrogens (primary N) is 1. The average molecular weight is 427 g/mol. The molecule has 0 heterocycles. The maximum Gasteiger partial charge on any atom is 0.0459 e. The standard InChI is InChI=1S/C19H37NO.C7H14.H3NO/c1-15(16(2)14-21)12-13-20-19-10-8-18(9-11-19)17-6-4-3-5-7-17;1-7-5-3-2-4-6-7;1-2/h15-21H,3-14H2,1-2H3;7H,2-6H2,1H3;2H,1H2. The fourth-order valence-corrected chi connectivity index (χ4v) is 5.69. The van der Waals surface area contributed by atoms with E-state index in [-0.39, 0.29) is 0 Å². The summed E-state index contributed by atoms with van der Waals surface area (Å²) in [6, 6.07) is 0.765. The quantitative estimate of drug-likeness (QED) is 0.361. The van der Waals surface area contributed by atoms with Gasteiger partial charge in [0.2, 0.25) is 0 Å².